The Morgan fingerprint density at radius 1 is 0.921 bits per heavy atom. The van der Waals surface area contributed by atoms with E-state index in [0.717, 1.165) is 22.6 Å². The number of amides is 1. The number of carbonyl (C=O) groups is 2. The second-order valence-electron chi connectivity index (χ2n) is 9.11. The SMILES string of the molecule is CCOc1ccc(C2/C(=C(/O)c3ccc(OCC)c(C(C)C)c3)C(=O)C(=O)N2c2ccc(F)c(F)c2)cc1. The molecule has 8 heteroatoms. The highest BCUT2D eigenvalue weighted by molar-refractivity contribution is 6.51. The Morgan fingerprint density at radius 3 is 2.21 bits per heavy atom. The monoisotopic (exact) mass is 521 g/mol. The molecule has 0 radical (unpaired) electrons. The maximum atomic E-state index is 14.2. The van der Waals surface area contributed by atoms with Crippen LogP contribution in [-0.2, 0) is 9.59 Å². The van der Waals surface area contributed by atoms with E-state index in [1.54, 1.807) is 42.5 Å². The Labute approximate surface area is 220 Å². The number of benzene rings is 3. The van der Waals surface area contributed by atoms with Gasteiger partial charge in [0.25, 0.3) is 11.7 Å². The summed E-state index contributed by atoms with van der Waals surface area (Å²) >= 11 is 0. The average Bonchev–Trinajstić information content (AvgIpc) is 3.16. The van der Waals surface area contributed by atoms with Crippen LogP contribution < -0.4 is 14.4 Å². The lowest BCUT2D eigenvalue weighted by atomic mass is 9.93. The first kappa shape index (κ1) is 26.9. The second kappa shape index (κ2) is 11.0. The fourth-order valence-electron chi connectivity index (χ4n) is 4.55. The molecule has 0 aromatic heterocycles. The van der Waals surface area contributed by atoms with Gasteiger partial charge in [-0.3, -0.25) is 14.5 Å². The smallest absolute Gasteiger partial charge is 0.300 e. The Kier molecular flexibility index (Phi) is 7.80. The van der Waals surface area contributed by atoms with E-state index >= 15 is 0 Å². The summed E-state index contributed by atoms with van der Waals surface area (Å²) in [4.78, 5) is 27.7. The van der Waals surface area contributed by atoms with Crippen LogP contribution in [0, 0.1) is 11.6 Å². The van der Waals surface area contributed by atoms with Crippen molar-refractivity contribution in [3.05, 3.63) is 94.6 Å². The van der Waals surface area contributed by atoms with Crippen LogP contribution in [0.1, 0.15) is 56.3 Å². The van der Waals surface area contributed by atoms with Gasteiger partial charge >= 0.3 is 0 Å². The van der Waals surface area contributed by atoms with Gasteiger partial charge in [-0.2, -0.15) is 0 Å². The first-order valence-electron chi connectivity index (χ1n) is 12.4. The van der Waals surface area contributed by atoms with Crippen LogP contribution in [0.25, 0.3) is 5.76 Å². The van der Waals surface area contributed by atoms with E-state index in [4.69, 9.17) is 9.47 Å². The molecule has 1 saturated heterocycles. The molecule has 1 atom stereocenters. The highest BCUT2D eigenvalue weighted by atomic mass is 19.2. The van der Waals surface area contributed by atoms with Crippen molar-refractivity contribution in [1.29, 1.82) is 0 Å². The Bertz CT molecular complexity index is 1400. The van der Waals surface area contributed by atoms with Crippen molar-refractivity contribution in [2.75, 3.05) is 18.1 Å². The highest BCUT2D eigenvalue weighted by Gasteiger charge is 2.47. The van der Waals surface area contributed by atoms with Crippen molar-refractivity contribution in [1.82, 2.24) is 0 Å². The van der Waals surface area contributed by atoms with Crippen LogP contribution in [0.5, 0.6) is 11.5 Å². The number of rotatable bonds is 8. The maximum absolute atomic E-state index is 14.2. The number of halogens is 2. The number of hydrogen-bond acceptors (Lipinski definition) is 5. The van der Waals surface area contributed by atoms with E-state index in [-0.39, 0.29) is 22.9 Å². The maximum Gasteiger partial charge on any atom is 0.300 e. The zero-order valence-corrected chi connectivity index (χ0v) is 21.6. The summed E-state index contributed by atoms with van der Waals surface area (Å²) in [6, 6.07) is 13.6. The molecular weight excluding hydrogens is 492 g/mol. The molecule has 1 unspecified atom stereocenters. The molecule has 1 fully saturated rings. The lowest BCUT2D eigenvalue weighted by Crippen LogP contribution is -2.29. The van der Waals surface area contributed by atoms with Gasteiger partial charge in [-0.05, 0) is 73.4 Å². The van der Waals surface area contributed by atoms with E-state index in [1.165, 1.54) is 6.07 Å². The fourth-order valence-corrected chi connectivity index (χ4v) is 4.55. The van der Waals surface area contributed by atoms with Gasteiger partial charge in [0.2, 0.25) is 0 Å². The van der Waals surface area contributed by atoms with Crippen molar-refractivity contribution in [3.63, 3.8) is 0 Å². The predicted octanol–water partition coefficient (Wildman–Crippen LogP) is 6.51. The number of ketones is 1. The van der Waals surface area contributed by atoms with Gasteiger partial charge < -0.3 is 14.6 Å². The number of aliphatic hydroxyl groups excluding tert-OH is 1. The van der Waals surface area contributed by atoms with Crippen molar-refractivity contribution in [2.24, 2.45) is 0 Å². The van der Waals surface area contributed by atoms with E-state index in [2.05, 4.69) is 0 Å². The summed E-state index contributed by atoms with van der Waals surface area (Å²) in [6.07, 6.45) is 0. The lowest BCUT2D eigenvalue weighted by Gasteiger charge is -2.26. The zero-order chi connectivity index (χ0) is 27.6. The van der Waals surface area contributed by atoms with Crippen LogP contribution in [0.15, 0.2) is 66.2 Å². The molecule has 0 saturated carbocycles. The first-order chi connectivity index (χ1) is 18.2. The van der Waals surface area contributed by atoms with E-state index in [1.807, 2.05) is 27.7 Å². The second-order valence-corrected chi connectivity index (χ2v) is 9.11. The number of Topliss-reactive ketones (excluding diaryl/α,β-unsaturated/α-hetero) is 1. The number of aliphatic hydroxyl groups is 1. The summed E-state index contributed by atoms with van der Waals surface area (Å²) in [5, 5.41) is 11.4. The molecule has 1 heterocycles. The van der Waals surface area contributed by atoms with Crippen LogP contribution in [0.4, 0.5) is 14.5 Å². The normalized spacial score (nSPS) is 16.8. The minimum atomic E-state index is -1.16. The molecule has 38 heavy (non-hydrogen) atoms. The third-order valence-electron chi connectivity index (χ3n) is 6.34. The number of nitrogens with zero attached hydrogens (tertiary/aromatic N) is 1. The molecule has 6 nitrogen and oxygen atoms in total. The minimum absolute atomic E-state index is 0.0153. The Morgan fingerprint density at radius 2 is 1.61 bits per heavy atom. The van der Waals surface area contributed by atoms with Gasteiger partial charge in [0, 0.05) is 17.3 Å². The van der Waals surface area contributed by atoms with Gasteiger partial charge in [0.05, 0.1) is 24.8 Å². The summed E-state index contributed by atoms with van der Waals surface area (Å²) in [5.74, 6) is -3.24. The topological polar surface area (TPSA) is 76.1 Å². The molecule has 1 aliphatic rings. The van der Waals surface area contributed by atoms with Crippen LogP contribution >= 0.6 is 0 Å². The van der Waals surface area contributed by atoms with Gasteiger partial charge in [-0.1, -0.05) is 26.0 Å². The van der Waals surface area contributed by atoms with E-state index in [9.17, 15) is 23.5 Å². The number of carbonyl (C=O) groups excluding carboxylic acids is 2. The average molecular weight is 522 g/mol. The Hall–Kier alpha value is -4.20. The number of ether oxygens (including phenoxy) is 2. The molecule has 4 rings (SSSR count). The summed E-state index contributed by atoms with van der Waals surface area (Å²) in [6.45, 7) is 8.57. The standard InChI is InChI=1S/C30H29F2NO5/c1-5-37-21-11-7-18(8-12-21)27-26(28(34)19-9-14-25(38-6-2)22(15-19)17(3)4)29(35)30(36)33(27)20-10-13-23(31)24(32)16-20/h7-17,27,34H,5-6H2,1-4H3/b28-26-. The molecule has 3 aromatic carbocycles. The third-order valence-corrected chi connectivity index (χ3v) is 6.34. The minimum Gasteiger partial charge on any atom is -0.507 e. The quantitative estimate of drug-likeness (QED) is 0.208. The predicted molar refractivity (Wildman–Crippen MR) is 140 cm³/mol. The van der Waals surface area contributed by atoms with Crippen LogP contribution in [-0.4, -0.2) is 30.0 Å². The molecule has 1 amide bonds. The number of hydrogen-bond donors (Lipinski definition) is 1. The molecule has 198 valence electrons. The van der Waals surface area contributed by atoms with Crippen LogP contribution in [0.2, 0.25) is 0 Å². The van der Waals surface area contributed by atoms with Crippen molar-refractivity contribution >= 4 is 23.1 Å². The van der Waals surface area contributed by atoms with Gasteiger partial charge in [-0.15, -0.1) is 0 Å². The number of anilines is 1. The molecule has 0 spiro atoms. The van der Waals surface area contributed by atoms with Crippen LogP contribution in [0.3, 0.4) is 0 Å². The largest absolute Gasteiger partial charge is 0.507 e. The first-order valence-corrected chi connectivity index (χ1v) is 12.4. The van der Waals surface area contributed by atoms with E-state index in [0.29, 0.717) is 35.8 Å². The van der Waals surface area contributed by atoms with Crippen molar-refractivity contribution < 1.29 is 33.0 Å². The van der Waals surface area contributed by atoms with Crippen molar-refractivity contribution in [3.8, 4) is 11.5 Å². The summed E-state index contributed by atoms with van der Waals surface area (Å²) in [5.41, 5.74) is 1.45. The highest BCUT2D eigenvalue weighted by Crippen LogP contribution is 2.43. The molecule has 3 aromatic rings. The fraction of sp³-hybridized carbons (Fsp3) is 0.267. The summed E-state index contributed by atoms with van der Waals surface area (Å²) in [7, 11) is 0. The van der Waals surface area contributed by atoms with Crippen molar-refractivity contribution in [2.45, 2.75) is 39.7 Å². The van der Waals surface area contributed by atoms with Gasteiger partial charge in [0.1, 0.15) is 17.3 Å². The summed E-state index contributed by atoms with van der Waals surface area (Å²) < 4.78 is 39.1. The third kappa shape index (κ3) is 4.98. The Balaban J connectivity index is 1.92. The van der Waals surface area contributed by atoms with Gasteiger partial charge in [-0.25, -0.2) is 8.78 Å². The molecule has 1 N–H and O–H groups in total. The van der Waals surface area contributed by atoms with Gasteiger partial charge in [0.15, 0.2) is 11.6 Å². The molecule has 1 aliphatic heterocycles. The lowest BCUT2D eigenvalue weighted by molar-refractivity contribution is -0.132. The molecular formula is C30H29F2NO5. The molecule has 0 aliphatic carbocycles. The zero-order valence-electron chi connectivity index (χ0n) is 21.6. The molecule has 0 bridgehead atoms. The van der Waals surface area contributed by atoms with E-state index < -0.39 is 29.4 Å².